The molecule has 2 aromatic carbocycles. The molecule has 110 valence electrons. The maximum absolute atomic E-state index is 14.0. The number of hydrogen-bond donors (Lipinski definition) is 1. The number of nitrogens with two attached hydrogens (primary N) is 1. The number of benzene rings is 2. The minimum Gasteiger partial charge on any atom is -0.323 e. The number of ketones is 1. The third-order valence-electron chi connectivity index (χ3n) is 3.43. The molecule has 0 aliphatic rings. The van der Waals surface area contributed by atoms with Gasteiger partial charge in [-0.25, -0.2) is 8.78 Å². The molecular formula is C16H14BrF2NO. The lowest BCUT2D eigenvalue weighted by Gasteiger charge is -2.20. The predicted molar refractivity (Wildman–Crippen MR) is 80.9 cm³/mol. The highest BCUT2D eigenvalue weighted by Crippen LogP contribution is 2.28. The van der Waals surface area contributed by atoms with Gasteiger partial charge in [-0.2, -0.15) is 0 Å². The smallest absolute Gasteiger partial charge is 0.173 e. The van der Waals surface area contributed by atoms with Crippen LogP contribution < -0.4 is 5.73 Å². The van der Waals surface area contributed by atoms with Crippen LogP contribution in [0.1, 0.15) is 28.9 Å². The topological polar surface area (TPSA) is 43.1 Å². The average Bonchev–Trinajstić information content (AvgIpc) is 2.50. The molecular weight excluding hydrogens is 340 g/mol. The highest BCUT2D eigenvalue weighted by atomic mass is 79.9. The van der Waals surface area contributed by atoms with Gasteiger partial charge in [-0.1, -0.05) is 37.3 Å². The summed E-state index contributed by atoms with van der Waals surface area (Å²) in [6, 6.07) is 10.6. The van der Waals surface area contributed by atoms with Crippen molar-refractivity contribution in [1.82, 2.24) is 0 Å². The molecule has 0 radical (unpaired) electrons. The Labute approximate surface area is 130 Å². The van der Waals surface area contributed by atoms with Crippen LogP contribution in [-0.2, 0) is 0 Å². The summed E-state index contributed by atoms with van der Waals surface area (Å²) < 4.78 is 27.8. The Morgan fingerprint density at radius 1 is 1.14 bits per heavy atom. The van der Waals surface area contributed by atoms with Crippen molar-refractivity contribution in [3.05, 3.63) is 69.7 Å². The highest BCUT2D eigenvalue weighted by Gasteiger charge is 2.28. The summed E-state index contributed by atoms with van der Waals surface area (Å²) in [5.74, 6) is -3.17. The van der Waals surface area contributed by atoms with Crippen molar-refractivity contribution in [2.75, 3.05) is 0 Å². The van der Waals surface area contributed by atoms with E-state index >= 15 is 0 Å². The summed E-state index contributed by atoms with van der Waals surface area (Å²) >= 11 is 2.95. The van der Waals surface area contributed by atoms with Gasteiger partial charge in [0.05, 0.1) is 10.0 Å². The monoisotopic (exact) mass is 353 g/mol. The van der Waals surface area contributed by atoms with E-state index in [1.165, 1.54) is 6.07 Å². The first kappa shape index (κ1) is 15.8. The highest BCUT2D eigenvalue weighted by molar-refractivity contribution is 9.10. The van der Waals surface area contributed by atoms with Crippen LogP contribution in [-0.4, -0.2) is 5.78 Å². The number of carbonyl (C=O) groups is 1. The number of Topliss-reactive ketones (excluding diaryl/α,β-unsaturated/α-hetero) is 1. The van der Waals surface area contributed by atoms with Crippen LogP contribution in [0.3, 0.4) is 0 Å². The van der Waals surface area contributed by atoms with Gasteiger partial charge in [0, 0.05) is 12.0 Å². The molecule has 0 bridgehead atoms. The normalized spacial score (nSPS) is 13.8. The first-order valence-corrected chi connectivity index (χ1v) is 7.21. The number of hydrogen-bond acceptors (Lipinski definition) is 2. The maximum atomic E-state index is 14.0. The van der Waals surface area contributed by atoms with E-state index in [1.807, 2.05) is 6.07 Å². The Morgan fingerprint density at radius 3 is 2.38 bits per heavy atom. The average molecular weight is 354 g/mol. The van der Waals surface area contributed by atoms with Crippen molar-refractivity contribution >= 4 is 21.7 Å². The molecule has 2 rings (SSSR count). The van der Waals surface area contributed by atoms with E-state index < -0.39 is 34.9 Å². The van der Waals surface area contributed by atoms with Crippen LogP contribution >= 0.6 is 15.9 Å². The maximum Gasteiger partial charge on any atom is 0.173 e. The minimum atomic E-state index is -0.896. The van der Waals surface area contributed by atoms with Gasteiger partial charge in [-0.05, 0) is 33.6 Å². The SMILES string of the molecule is CC(C(=O)c1c(F)ccc(Br)c1F)C(N)c1ccccc1. The Balaban J connectivity index is 2.34. The van der Waals surface area contributed by atoms with E-state index in [2.05, 4.69) is 15.9 Å². The summed E-state index contributed by atoms with van der Waals surface area (Å²) in [5.41, 5.74) is 6.23. The molecule has 0 heterocycles. The van der Waals surface area contributed by atoms with Gasteiger partial charge in [0.2, 0.25) is 0 Å². The number of rotatable bonds is 4. The van der Waals surface area contributed by atoms with Crippen LogP contribution in [0.4, 0.5) is 8.78 Å². The quantitative estimate of drug-likeness (QED) is 0.659. The summed E-state index contributed by atoms with van der Waals surface area (Å²) in [4.78, 5) is 12.4. The van der Waals surface area contributed by atoms with Gasteiger partial charge < -0.3 is 5.73 Å². The Hall–Kier alpha value is -1.59. The second-order valence-electron chi connectivity index (χ2n) is 4.81. The van der Waals surface area contributed by atoms with Gasteiger partial charge in [0.25, 0.3) is 0 Å². The predicted octanol–water partition coefficient (Wildman–Crippen LogP) is 4.25. The second kappa shape index (κ2) is 6.45. The van der Waals surface area contributed by atoms with Crippen molar-refractivity contribution in [2.45, 2.75) is 13.0 Å². The molecule has 0 aliphatic carbocycles. The zero-order valence-electron chi connectivity index (χ0n) is 11.3. The van der Waals surface area contributed by atoms with Gasteiger partial charge in [-0.15, -0.1) is 0 Å². The zero-order chi connectivity index (χ0) is 15.6. The van der Waals surface area contributed by atoms with Crippen LogP contribution in [0, 0.1) is 17.6 Å². The summed E-state index contributed by atoms with van der Waals surface area (Å²) in [7, 11) is 0. The van der Waals surface area contributed by atoms with E-state index in [9.17, 15) is 13.6 Å². The lowest BCUT2D eigenvalue weighted by Crippen LogP contribution is -2.27. The number of halogens is 3. The van der Waals surface area contributed by atoms with Crippen molar-refractivity contribution in [2.24, 2.45) is 11.7 Å². The van der Waals surface area contributed by atoms with Gasteiger partial charge in [0.1, 0.15) is 5.82 Å². The molecule has 2 atom stereocenters. The molecule has 2 aromatic rings. The third kappa shape index (κ3) is 3.19. The van der Waals surface area contributed by atoms with Crippen LogP contribution in [0.2, 0.25) is 0 Å². The van der Waals surface area contributed by atoms with Crippen molar-refractivity contribution in [3.63, 3.8) is 0 Å². The standard InChI is InChI=1S/C16H14BrF2NO/c1-9(15(20)10-5-3-2-4-6-10)16(21)13-12(18)8-7-11(17)14(13)19/h2-9,15H,20H2,1H3. The Kier molecular flexibility index (Phi) is 4.85. The Morgan fingerprint density at radius 2 is 1.76 bits per heavy atom. The molecule has 2 nitrogen and oxygen atoms in total. The Bertz CT molecular complexity index is 661. The van der Waals surface area contributed by atoms with Gasteiger partial charge >= 0.3 is 0 Å². The van der Waals surface area contributed by atoms with E-state index in [-0.39, 0.29) is 4.47 Å². The fourth-order valence-electron chi connectivity index (χ4n) is 2.11. The van der Waals surface area contributed by atoms with Gasteiger partial charge in [0.15, 0.2) is 11.6 Å². The third-order valence-corrected chi connectivity index (χ3v) is 4.04. The molecule has 0 amide bonds. The van der Waals surface area contributed by atoms with E-state index in [0.717, 1.165) is 11.6 Å². The lowest BCUT2D eigenvalue weighted by atomic mass is 9.88. The van der Waals surface area contributed by atoms with Crippen LogP contribution in [0.5, 0.6) is 0 Å². The van der Waals surface area contributed by atoms with Crippen molar-refractivity contribution in [1.29, 1.82) is 0 Å². The van der Waals surface area contributed by atoms with E-state index in [4.69, 9.17) is 5.73 Å². The summed E-state index contributed by atoms with van der Waals surface area (Å²) in [5, 5.41) is 0. The zero-order valence-corrected chi connectivity index (χ0v) is 12.9. The first-order chi connectivity index (χ1) is 9.93. The molecule has 2 unspecified atom stereocenters. The van der Waals surface area contributed by atoms with E-state index in [0.29, 0.717) is 0 Å². The molecule has 2 N–H and O–H groups in total. The molecule has 5 heteroatoms. The molecule has 0 saturated carbocycles. The summed E-state index contributed by atoms with van der Waals surface area (Å²) in [6.07, 6.45) is 0. The second-order valence-corrected chi connectivity index (χ2v) is 5.66. The minimum absolute atomic E-state index is 0.0488. The fraction of sp³-hybridized carbons (Fsp3) is 0.188. The molecule has 0 spiro atoms. The first-order valence-electron chi connectivity index (χ1n) is 6.41. The molecule has 0 fully saturated rings. The van der Waals surface area contributed by atoms with Crippen molar-refractivity contribution in [3.8, 4) is 0 Å². The molecule has 0 aromatic heterocycles. The fourth-order valence-corrected chi connectivity index (χ4v) is 2.44. The van der Waals surface area contributed by atoms with E-state index in [1.54, 1.807) is 31.2 Å². The lowest BCUT2D eigenvalue weighted by molar-refractivity contribution is 0.0904. The summed E-state index contributed by atoms with van der Waals surface area (Å²) in [6.45, 7) is 1.57. The van der Waals surface area contributed by atoms with Crippen molar-refractivity contribution < 1.29 is 13.6 Å². The van der Waals surface area contributed by atoms with Crippen LogP contribution in [0.15, 0.2) is 46.9 Å². The largest absolute Gasteiger partial charge is 0.323 e. The van der Waals surface area contributed by atoms with Crippen LogP contribution in [0.25, 0.3) is 0 Å². The molecule has 0 saturated heterocycles. The molecule has 0 aliphatic heterocycles. The van der Waals surface area contributed by atoms with Gasteiger partial charge in [-0.3, -0.25) is 4.79 Å². The molecule has 21 heavy (non-hydrogen) atoms. The number of carbonyl (C=O) groups excluding carboxylic acids is 1.